The largest absolute Gasteiger partial charge is 0.481 e. The lowest BCUT2D eigenvalue weighted by Crippen LogP contribution is -2.26. The number of aliphatic carboxylic acids is 1. The molecular formula is C21H20F3N5O3S. The molecule has 0 bridgehead atoms. The van der Waals surface area contributed by atoms with E-state index in [1.54, 1.807) is 18.3 Å². The number of anilines is 2. The van der Waals surface area contributed by atoms with Gasteiger partial charge in [-0.1, -0.05) is 6.07 Å². The minimum atomic E-state index is -4.57. The van der Waals surface area contributed by atoms with Crippen LogP contribution in [0.3, 0.4) is 0 Å². The van der Waals surface area contributed by atoms with Crippen molar-refractivity contribution in [1.29, 1.82) is 0 Å². The van der Waals surface area contributed by atoms with Crippen LogP contribution < -0.4 is 10.6 Å². The zero-order valence-electron chi connectivity index (χ0n) is 17.4. The molecule has 0 saturated carbocycles. The van der Waals surface area contributed by atoms with E-state index in [0.717, 1.165) is 33.3 Å². The van der Waals surface area contributed by atoms with Crippen molar-refractivity contribution < 1.29 is 27.9 Å². The number of rotatable bonds is 9. The summed E-state index contributed by atoms with van der Waals surface area (Å²) in [6.45, 7) is 1.93. The third-order valence-electron chi connectivity index (χ3n) is 4.34. The summed E-state index contributed by atoms with van der Waals surface area (Å²) < 4.78 is 38.7. The second-order valence-electron chi connectivity index (χ2n) is 7.09. The molecule has 0 radical (unpaired) electrons. The highest BCUT2D eigenvalue weighted by Crippen LogP contribution is 2.31. The molecule has 12 heteroatoms. The van der Waals surface area contributed by atoms with Crippen molar-refractivity contribution >= 4 is 34.8 Å². The lowest BCUT2D eigenvalue weighted by atomic mass is 10.1. The summed E-state index contributed by atoms with van der Waals surface area (Å²) in [6, 6.07) is 6.23. The maximum Gasteiger partial charge on any atom is 0.433 e. The van der Waals surface area contributed by atoms with Crippen molar-refractivity contribution in [3.63, 3.8) is 0 Å². The smallest absolute Gasteiger partial charge is 0.433 e. The van der Waals surface area contributed by atoms with Gasteiger partial charge in [-0.25, -0.2) is 15.0 Å². The van der Waals surface area contributed by atoms with Crippen LogP contribution in [0.25, 0.3) is 10.4 Å². The van der Waals surface area contributed by atoms with Crippen LogP contribution in [0, 0.1) is 6.92 Å². The van der Waals surface area contributed by atoms with Gasteiger partial charge in [-0.15, -0.1) is 11.3 Å². The summed E-state index contributed by atoms with van der Waals surface area (Å²) >= 11 is 1.39. The number of nitrogens with zero attached hydrogens (tertiary/aromatic N) is 3. The Morgan fingerprint density at radius 3 is 2.67 bits per heavy atom. The summed E-state index contributed by atoms with van der Waals surface area (Å²) in [5.74, 6) is -1.40. The first-order chi connectivity index (χ1) is 15.6. The molecule has 174 valence electrons. The number of alkyl halides is 3. The molecule has 1 aromatic carbocycles. The van der Waals surface area contributed by atoms with Crippen LogP contribution in [0.4, 0.5) is 24.8 Å². The highest BCUT2D eigenvalue weighted by molar-refractivity contribution is 7.15. The number of thiazole rings is 1. The van der Waals surface area contributed by atoms with Gasteiger partial charge >= 0.3 is 12.1 Å². The van der Waals surface area contributed by atoms with Gasteiger partial charge < -0.3 is 15.7 Å². The van der Waals surface area contributed by atoms with Gasteiger partial charge in [-0.2, -0.15) is 13.2 Å². The molecule has 0 aliphatic carbocycles. The molecule has 0 saturated heterocycles. The van der Waals surface area contributed by atoms with Crippen LogP contribution in [0.1, 0.15) is 29.1 Å². The molecule has 0 atom stereocenters. The first kappa shape index (κ1) is 24.1. The van der Waals surface area contributed by atoms with Gasteiger partial charge in [0.25, 0.3) is 0 Å². The van der Waals surface area contributed by atoms with Crippen LogP contribution >= 0.6 is 11.3 Å². The normalized spacial score (nSPS) is 11.3. The fourth-order valence-corrected chi connectivity index (χ4v) is 3.78. The summed E-state index contributed by atoms with van der Waals surface area (Å²) in [6.07, 6.45) is -1.41. The number of benzene rings is 1. The second kappa shape index (κ2) is 10.4. The Balaban J connectivity index is 1.67. The first-order valence-electron chi connectivity index (χ1n) is 9.82. The number of hydrogen-bond acceptors (Lipinski definition) is 7. The quantitative estimate of drug-likeness (QED) is 0.421. The Morgan fingerprint density at radius 2 is 1.94 bits per heavy atom. The van der Waals surface area contributed by atoms with Gasteiger partial charge in [-0.3, -0.25) is 9.59 Å². The summed E-state index contributed by atoms with van der Waals surface area (Å²) in [4.78, 5) is 34.8. The second-order valence-corrected chi connectivity index (χ2v) is 8.20. The van der Waals surface area contributed by atoms with Crippen molar-refractivity contribution in [2.75, 3.05) is 11.9 Å². The van der Waals surface area contributed by atoms with Crippen molar-refractivity contribution in [3.05, 3.63) is 52.9 Å². The van der Waals surface area contributed by atoms with E-state index < -0.39 is 17.8 Å². The van der Waals surface area contributed by atoms with Gasteiger partial charge in [0.15, 0.2) is 0 Å². The molecule has 3 N–H and O–H groups in total. The van der Waals surface area contributed by atoms with Crippen molar-refractivity contribution in [2.45, 2.75) is 32.4 Å². The summed E-state index contributed by atoms with van der Waals surface area (Å²) in [5.41, 5.74) is 1.16. The van der Waals surface area contributed by atoms with Crippen LogP contribution in [-0.4, -0.2) is 38.5 Å². The molecule has 0 fully saturated rings. The van der Waals surface area contributed by atoms with E-state index in [9.17, 15) is 22.8 Å². The van der Waals surface area contributed by atoms with Gasteiger partial charge in [0.1, 0.15) is 5.69 Å². The Labute approximate surface area is 190 Å². The molecule has 8 nitrogen and oxygen atoms in total. The topological polar surface area (TPSA) is 117 Å². The number of carboxylic acids is 1. The lowest BCUT2D eigenvalue weighted by molar-refractivity contribution is -0.141. The summed E-state index contributed by atoms with van der Waals surface area (Å²) in [5, 5.41) is 14.7. The van der Waals surface area contributed by atoms with E-state index in [-0.39, 0.29) is 31.2 Å². The van der Waals surface area contributed by atoms with Crippen LogP contribution in [0.2, 0.25) is 0 Å². The molecular weight excluding hydrogens is 459 g/mol. The number of halogens is 3. The fourth-order valence-electron chi connectivity index (χ4n) is 2.88. The van der Waals surface area contributed by atoms with E-state index in [4.69, 9.17) is 5.11 Å². The molecule has 33 heavy (non-hydrogen) atoms. The monoisotopic (exact) mass is 479 g/mol. The van der Waals surface area contributed by atoms with Crippen LogP contribution in [0.5, 0.6) is 0 Å². The number of aryl methyl sites for hydroxylation is 2. The zero-order chi connectivity index (χ0) is 24.0. The highest BCUT2D eigenvalue weighted by atomic mass is 32.1. The molecule has 1 amide bonds. The van der Waals surface area contributed by atoms with Gasteiger partial charge in [0.05, 0.1) is 16.3 Å². The predicted molar refractivity (Wildman–Crippen MR) is 116 cm³/mol. The number of carbonyl (C=O) groups excluding carboxylic acids is 1. The lowest BCUT2D eigenvalue weighted by Gasteiger charge is -2.10. The molecule has 0 aliphatic heterocycles. The highest BCUT2D eigenvalue weighted by Gasteiger charge is 2.32. The Morgan fingerprint density at radius 1 is 1.15 bits per heavy atom. The van der Waals surface area contributed by atoms with E-state index in [2.05, 4.69) is 25.6 Å². The third kappa shape index (κ3) is 7.24. The van der Waals surface area contributed by atoms with Crippen LogP contribution in [-0.2, 0) is 22.2 Å². The van der Waals surface area contributed by atoms with Crippen molar-refractivity contribution in [3.8, 4) is 10.4 Å². The van der Waals surface area contributed by atoms with E-state index in [0.29, 0.717) is 12.1 Å². The Hall–Kier alpha value is -3.54. The molecule has 3 aromatic rings. The average molecular weight is 479 g/mol. The van der Waals surface area contributed by atoms with Gasteiger partial charge in [0, 0.05) is 37.5 Å². The minimum Gasteiger partial charge on any atom is -0.481 e. The predicted octanol–water partition coefficient (Wildman–Crippen LogP) is 4.19. The molecule has 0 aliphatic rings. The SMILES string of the molecule is Cc1cc(Nc2nccc(C(F)(F)F)n2)cc(-c2cnc(CCC(=O)NCCC(=O)O)s2)c1. The van der Waals surface area contributed by atoms with Crippen molar-refractivity contribution in [1.82, 2.24) is 20.3 Å². The van der Waals surface area contributed by atoms with E-state index in [1.165, 1.54) is 11.3 Å². The molecule has 2 heterocycles. The number of amides is 1. The molecule has 0 spiro atoms. The molecule has 2 aromatic heterocycles. The Kier molecular flexibility index (Phi) is 7.59. The number of aromatic nitrogens is 3. The van der Waals surface area contributed by atoms with E-state index >= 15 is 0 Å². The zero-order valence-corrected chi connectivity index (χ0v) is 18.3. The van der Waals surface area contributed by atoms with Crippen molar-refractivity contribution in [2.24, 2.45) is 0 Å². The minimum absolute atomic E-state index is 0.0753. The maximum absolute atomic E-state index is 12.9. The van der Waals surface area contributed by atoms with Gasteiger partial charge in [0.2, 0.25) is 11.9 Å². The van der Waals surface area contributed by atoms with E-state index in [1.807, 2.05) is 13.0 Å². The number of carboxylic acid groups (broad SMARTS) is 1. The molecule has 0 unspecified atom stereocenters. The molecule has 3 rings (SSSR count). The average Bonchev–Trinajstić information content (AvgIpc) is 3.20. The standard InChI is InChI=1S/C21H20F3N5O3S/c1-12-8-13(10-14(9-12)28-20-26-6-4-16(29-20)21(22,23)24)15-11-27-18(33-15)3-2-17(30)25-7-5-19(31)32/h4,6,8-11H,2-3,5,7H2,1H3,(H,25,30)(H,31,32)(H,26,28,29). The number of nitrogens with one attached hydrogen (secondary N) is 2. The first-order valence-corrected chi connectivity index (χ1v) is 10.6. The number of hydrogen-bond donors (Lipinski definition) is 3. The number of carbonyl (C=O) groups is 2. The van der Waals surface area contributed by atoms with Crippen LogP contribution in [0.15, 0.2) is 36.7 Å². The maximum atomic E-state index is 12.9. The van der Waals surface area contributed by atoms with Gasteiger partial charge in [-0.05, 0) is 36.2 Å². The Bertz CT molecular complexity index is 1150. The summed E-state index contributed by atoms with van der Waals surface area (Å²) in [7, 11) is 0. The third-order valence-corrected chi connectivity index (χ3v) is 5.45. The fraction of sp³-hybridized carbons (Fsp3) is 0.286.